The molecule has 25 heavy (non-hydrogen) atoms. The highest BCUT2D eigenvalue weighted by Gasteiger charge is 2.21. The molecule has 0 saturated carbocycles. The van der Waals surface area contributed by atoms with Crippen molar-refractivity contribution in [2.75, 3.05) is 13.1 Å². The van der Waals surface area contributed by atoms with Crippen molar-refractivity contribution < 1.29 is 14.7 Å². The van der Waals surface area contributed by atoms with Crippen LogP contribution >= 0.6 is 0 Å². The average molecular weight is 341 g/mol. The number of amides is 1. The lowest BCUT2D eigenvalue weighted by molar-refractivity contribution is -0.137. The molecular weight excluding hydrogens is 318 g/mol. The fourth-order valence-electron chi connectivity index (χ4n) is 2.52. The first-order valence-corrected chi connectivity index (χ1v) is 8.28. The highest BCUT2D eigenvalue weighted by atomic mass is 16.4. The molecule has 1 aromatic heterocycles. The zero-order chi connectivity index (χ0) is 18.4. The van der Waals surface area contributed by atoms with Crippen LogP contribution in [0.4, 0.5) is 0 Å². The van der Waals surface area contributed by atoms with Crippen molar-refractivity contribution >= 4 is 11.9 Å². The number of aromatic nitrogens is 2. The molecule has 0 unspecified atom stereocenters. The van der Waals surface area contributed by atoms with Gasteiger partial charge in [0, 0.05) is 24.8 Å². The van der Waals surface area contributed by atoms with Crippen LogP contribution in [0.15, 0.2) is 36.5 Å². The SMILES string of the molecule is Cc1nc(-c2ccccc2)ncc1C(=O)N(CCC(=O)O)CC(C)C. The molecule has 0 fully saturated rings. The van der Waals surface area contributed by atoms with Gasteiger partial charge < -0.3 is 10.0 Å². The average Bonchev–Trinajstić information content (AvgIpc) is 2.58. The third-order valence-corrected chi connectivity index (χ3v) is 3.71. The van der Waals surface area contributed by atoms with E-state index in [1.807, 2.05) is 44.2 Å². The van der Waals surface area contributed by atoms with Gasteiger partial charge >= 0.3 is 5.97 Å². The molecule has 0 aliphatic carbocycles. The number of hydrogen-bond acceptors (Lipinski definition) is 4. The quantitative estimate of drug-likeness (QED) is 0.837. The smallest absolute Gasteiger partial charge is 0.305 e. The fraction of sp³-hybridized carbons (Fsp3) is 0.368. The molecule has 1 aromatic carbocycles. The Bertz CT molecular complexity index is 745. The Hall–Kier alpha value is -2.76. The van der Waals surface area contributed by atoms with Crippen molar-refractivity contribution in [3.8, 4) is 11.4 Å². The summed E-state index contributed by atoms with van der Waals surface area (Å²) in [4.78, 5) is 34.0. The van der Waals surface area contributed by atoms with Crippen LogP contribution < -0.4 is 0 Å². The summed E-state index contributed by atoms with van der Waals surface area (Å²) in [5, 5.41) is 8.90. The number of nitrogens with zero attached hydrogens (tertiary/aromatic N) is 3. The van der Waals surface area contributed by atoms with Crippen LogP contribution in [0.5, 0.6) is 0 Å². The minimum absolute atomic E-state index is 0.0829. The second kappa shape index (κ2) is 8.37. The van der Waals surface area contributed by atoms with Gasteiger partial charge in [-0.05, 0) is 12.8 Å². The van der Waals surface area contributed by atoms with Crippen molar-refractivity contribution in [2.45, 2.75) is 27.2 Å². The molecule has 6 nitrogen and oxygen atoms in total. The largest absolute Gasteiger partial charge is 0.481 e. The highest BCUT2D eigenvalue weighted by Crippen LogP contribution is 2.17. The predicted molar refractivity (Wildman–Crippen MR) is 95.2 cm³/mol. The lowest BCUT2D eigenvalue weighted by Crippen LogP contribution is -2.36. The maximum atomic E-state index is 12.8. The zero-order valence-electron chi connectivity index (χ0n) is 14.8. The number of carboxylic acids is 1. The number of carboxylic acid groups (broad SMARTS) is 1. The predicted octanol–water partition coefficient (Wildman–Crippen LogP) is 3.02. The number of carbonyl (C=O) groups is 2. The first kappa shape index (κ1) is 18.6. The summed E-state index contributed by atoms with van der Waals surface area (Å²) in [7, 11) is 0. The van der Waals surface area contributed by atoms with E-state index in [1.165, 1.54) is 6.20 Å². The van der Waals surface area contributed by atoms with E-state index in [4.69, 9.17) is 5.11 Å². The summed E-state index contributed by atoms with van der Waals surface area (Å²) in [6.07, 6.45) is 1.45. The zero-order valence-corrected chi connectivity index (χ0v) is 14.8. The van der Waals surface area contributed by atoms with E-state index < -0.39 is 5.97 Å². The van der Waals surface area contributed by atoms with Crippen LogP contribution in [-0.4, -0.2) is 44.9 Å². The lowest BCUT2D eigenvalue weighted by Gasteiger charge is -2.24. The van der Waals surface area contributed by atoms with Gasteiger partial charge in [-0.2, -0.15) is 0 Å². The summed E-state index contributed by atoms with van der Waals surface area (Å²) in [5.74, 6) is -0.348. The Kier molecular flexibility index (Phi) is 6.22. The van der Waals surface area contributed by atoms with Gasteiger partial charge in [0.1, 0.15) is 0 Å². The van der Waals surface area contributed by atoms with E-state index in [0.717, 1.165) is 5.56 Å². The number of hydrogen-bond donors (Lipinski definition) is 1. The van der Waals surface area contributed by atoms with Gasteiger partial charge in [-0.25, -0.2) is 9.97 Å². The molecule has 0 atom stereocenters. The van der Waals surface area contributed by atoms with Gasteiger partial charge in [0.15, 0.2) is 5.82 Å². The van der Waals surface area contributed by atoms with Crippen molar-refractivity contribution in [3.63, 3.8) is 0 Å². The fourth-order valence-corrected chi connectivity index (χ4v) is 2.52. The second-order valence-corrected chi connectivity index (χ2v) is 6.35. The molecule has 0 spiro atoms. The molecule has 1 N–H and O–H groups in total. The summed E-state index contributed by atoms with van der Waals surface area (Å²) in [6.45, 7) is 6.41. The first-order valence-electron chi connectivity index (χ1n) is 8.28. The third kappa shape index (κ3) is 5.11. The Morgan fingerprint density at radius 1 is 1.20 bits per heavy atom. The van der Waals surface area contributed by atoms with E-state index in [1.54, 1.807) is 11.8 Å². The summed E-state index contributed by atoms with van der Waals surface area (Å²) >= 11 is 0. The third-order valence-electron chi connectivity index (χ3n) is 3.71. The molecule has 132 valence electrons. The van der Waals surface area contributed by atoms with Crippen LogP contribution in [0.1, 0.15) is 36.3 Å². The van der Waals surface area contributed by atoms with E-state index in [0.29, 0.717) is 23.6 Å². The Morgan fingerprint density at radius 3 is 2.44 bits per heavy atom. The molecule has 2 rings (SSSR count). The van der Waals surface area contributed by atoms with Gasteiger partial charge in [0.05, 0.1) is 17.7 Å². The Balaban J connectivity index is 2.25. The van der Waals surface area contributed by atoms with Crippen molar-refractivity contribution in [3.05, 3.63) is 47.8 Å². The number of benzene rings is 1. The molecule has 6 heteroatoms. The molecule has 0 radical (unpaired) electrons. The minimum atomic E-state index is -0.922. The van der Waals surface area contributed by atoms with E-state index >= 15 is 0 Å². The molecule has 0 aliphatic heterocycles. The Labute approximate surface area is 147 Å². The van der Waals surface area contributed by atoms with Crippen LogP contribution in [0.3, 0.4) is 0 Å². The van der Waals surface area contributed by atoms with Crippen molar-refractivity contribution in [1.29, 1.82) is 0 Å². The molecule has 1 heterocycles. The number of aliphatic carboxylic acids is 1. The normalized spacial score (nSPS) is 10.7. The van der Waals surface area contributed by atoms with Crippen molar-refractivity contribution in [2.24, 2.45) is 5.92 Å². The summed E-state index contributed by atoms with van der Waals surface area (Å²) in [6, 6.07) is 9.55. The highest BCUT2D eigenvalue weighted by molar-refractivity contribution is 5.95. The lowest BCUT2D eigenvalue weighted by atomic mass is 10.1. The molecule has 0 aliphatic rings. The van der Waals surface area contributed by atoms with Crippen LogP contribution in [-0.2, 0) is 4.79 Å². The maximum absolute atomic E-state index is 12.8. The second-order valence-electron chi connectivity index (χ2n) is 6.35. The van der Waals surface area contributed by atoms with Crippen molar-refractivity contribution in [1.82, 2.24) is 14.9 Å². The van der Waals surface area contributed by atoms with Gasteiger partial charge in [-0.3, -0.25) is 9.59 Å². The van der Waals surface area contributed by atoms with Gasteiger partial charge in [0.25, 0.3) is 5.91 Å². The van der Waals surface area contributed by atoms with E-state index in [-0.39, 0.29) is 24.8 Å². The van der Waals surface area contributed by atoms with Crippen LogP contribution in [0.25, 0.3) is 11.4 Å². The first-order chi connectivity index (χ1) is 11.9. The van der Waals surface area contributed by atoms with Gasteiger partial charge in [-0.1, -0.05) is 44.2 Å². The number of aryl methyl sites for hydroxylation is 1. The summed E-state index contributed by atoms with van der Waals surface area (Å²) < 4.78 is 0. The molecule has 1 amide bonds. The molecule has 0 saturated heterocycles. The molecule has 2 aromatic rings. The standard InChI is InChI=1S/C19H23N3O3/c1-13(2)12-22(10-9-17(23)24)19(25)16-11-20-18(21-14(16)3)15-7-5-4-6-8-15/h4-8,11,13H,9-10,12H2,1-3H3,(H,23,24). The van der Waals surface area contributed by atoms with Crippen LogP contribution in [0.2, 0.25) is 0 Å². The Morgan fingerprint density at radius 2 is 1.88 bits per heavy atom. The molecule has 0 bridgehead atoms. The molecular formula is C19H23N3O3. The van der Waals surface area contributed by atoms with Gasteiger partial charge in [0.2, 0.25) is 0 Å². The van der Waals surface area contributed by atoms with E-state index in [2.05, 4.69) is 9.97 Å². The number of carbonyl (C=O) groups excluding carboxylic acids is 1. The van der Waals surface area contributed by atoms with Crippen LogP contribution in [0, 0.1) is 12.8 Å². The minimum Gasteiger partial charge on any atom is -0.481 e. The topological polar surface area (TPSA) is 83.4 Å². The summed E-state index contributed by atoms with van der Waals surface area (Å²) in [5.41, 5.74) is 1.88. The maximum Gasteiger partial charge on any atom is 0.305 e. The van der Waals surface area contributed by atoms with Gasteiger partial charge in [-0.15, -0.1) is 0 Å². The monoisotopic (exact) mass is 341 g/mol. The van der Waals surface area contributed by atoms with E-state index in [9.17, 15) is 9.59 Å². The number of rotatable bonds is 7.